The van der Waals surface area contributed by atoms with Crippen molar-refractivity contribution in [3.8, 4) is 0 Å². The van der Waals surface area contributed by atoms with E-state index in [0.29, 0.717) is 5.69 Å². The van der Waals surface area contributed by atoms with Gasteiger partial charge in [-0.15, -0.1) is 0 Å². The van der Waals surface area contributed by atoms with Gasteiger partial charge in [-0.2, -0.15) is 0 Å². The molecule has 0 aliphatic carbocycles. The zero-order valence-corrected chi connectivity index (χ0v) is 12.0. The third kappa shape index (κ3) is 3.18. The molecular weight excluding hydrogens is 301 g/mol. The quantitative estimate of drug-likeness (QED) is 0.668. The molecule has 0 aliphatic rings. The second-order valence-corrected chi connectivity index (χ2v) is 5.01. The summed E-state index contributed by atoms with van der Waals surface area (Å²) in [4.78, 5) is 14.6. The molecule has 0 saturated carbocycles. The van der Waals surface area contributed by atoms with Crippen LogP contribution in [0, 0.1) is 10.1 Å². The second kappa shape index (κ2) is 6.07. The Bertz CT molecular complexity index is 635. The molecule has 5 nitrogen and oxygen atoms in total. The minimum atomic E-state index is -0.499. The predicted molar refractivity (Wildman–Crippen MR) is 79.4 cm³/mol. The summed E-state index contributed by atoms with van der Waals surface area (Å²) in [6.07, 6.45) is 3.36. The van der Waals surface area contributed by atoms with Crippen molar-refractivity contribution in [2.75, 3.05) is 5.32 Å². The third-order valence-electron chi connectivity index (χ3n) is 2.79. The number of benzene rings is 1. The maximum atomic E-state index is 11.1. The van der Waals surface area contributed by atoms with E-state index >= 15 is 0 Å². The smallest absolute Gasteiger partial charge is 0.293 e. The monoisotopic (exact) mass is 311 g/mol. The number of nitro benzene ring substituents is 1. The molecule has 0 radical (unpaired) electrons. The molecule has 1 atom stereocenters. The van der Waals surface area contributed by atoms with Crippen LogP contribution in [-0.4, -0.2) is 9.91 Å². The normalized spacial score (nSPS) is 11.9. The molecule has 1 aromatic heterocycles. The minimum absolute atomic E-state index is 0.116. The van der Waals surface area contributed by atoms with Crippen molar-refractivity contribution in [2.24, 2.45) is 0 Å². The number of halogens is 2. The van der Waals surface area contributed by atoms with Gasteiger partial charge in [-0.1, -0.05) is 29.3 Å². The van der Waals surface area contributed by atoms with Crippen molar-refractivity contribution >= 4 is 34.6 Å². The maximum absolute atomic E-state index is 11.1. The van der Waals surface area contributed by atoms with Gasteiger partial charge in [-0.05, 0) is 24.6 Å². The number of hydrogen-bond donors (Lipinski definition) is 1. The number of hydrogen-bond acceptors (Lipinski definition) is 4. The molecule has 0 saturated heterocycles. The lowest BCUT2D eigenvalue weighted by molar-refractivity contribution is -0.384. The molecule has 0 aliphatic heterocycles. The van der Waals surface area contributed by atoms with Gasteiger partial charge in [0.15, 0.2) is 0 Å². The summed E-state index contributed by atoms with van der Waals surface area (Å²) in [5.74, 6) is 0. The molecule has 2 rings (SSSR count). The Kier molecular flexibility index (Phi) is 4.42. The van der Waals surface area contributed by atoms with Gasteiger partial charge in [0.05, 0.1) is 21.0 Å². The molecule has 2 aromatic rings. The lowest BCUT2D eigenvalue weighted by Gasteiger charge is -2.15. The van der Waals surface area contributed by atoms with Crippen LogP contribution in [-0.2, 0) is 0 Å². The van der Waals surface area contributed by atoms with Gasteiger partial charge in [0, 0.05) is 18.5 Å². The molecule has 0 amide bonds. The summed E-state index contributed by atoms with van der Waals surface area (Å²) in [7, 11) is 0. The minimum Gasteiger partial charge on any atom is -0.373 e. The molecule has 0 bridgehead atoms. The topological polar surface area (TPSA) is 68.1 Å². The van der Waals surface area contributed by atoms with Crippen LogP contribution in [0.1, 0.15) is 18.5 Å². The van der Waals surface area contributed by atoms with Crippen LogP contribution < -0.4 is 5.32 Å². The Labute approximate surface area is 125 Å². The maximum Gasteiger partial charge on any atom is 0.293 e. The van der Waals surface area contributed by atoms with Crippen molar-refractivity contribution in [1.29, 1.82) is 0 Å². The molecule has 1 N–H and O–H groups in total. The number of anilines is 1. The molecule has 7 heteroatoms. The van der Waals surface area contributed by atoms with Crippen molar-refractivity contribution in [3.05, 3.63) is 62.4 Å². The van der Waals surface area contributed by atoms with E-state index in [0.717, 1.165) is 5.56 Å². The Morgan fingerprint density at radius 3 is 2.65 bits per heavy atom. The first-order chi connectivity index (χ1) is 9.49. The van der Waals surface area contributed by atoms with E-state index in [9.17, 15) is 10.1 Å². The third-order valence-corrected chi connectivity index (χ3v) is 3.51. The molecule has 0 fully saturated rings. The van der Waals surface area contributed by atoms with Gasteiger partial charge in [0.1, 0.15) is 5.69 Å². The summed E-state index contributed by atoms with van der Waals surface area (Å²) >= 11 is 11.7. The number of nitro groups is 1. The van der Waals surface area contributed by atoms with Gasteiger partial charge >= 0.3 is 0 Å². The van der Waals surface area contributed by atoms with Gasteiger partial charge in [0.2, 0.25) is 0 Å². The Balaban J connectivity index is 2.33. The number of rotatable bonds is 4. The summed E-state index contributed by atoms with van der Waals surface area (Å²) in [6, 6.07) is 6.22. The molecular formula is C13H11Cl2N3O2. The highest BCUT2D eigenvalue weighted by atomic mass is 35.5. The summed E-state index contributed by atoms with van der Waals surface area (Å²) < 4.78 is 0. The van der Waals surface area contributed by atoms with E-state index in [4.69, 9.17) is 23.2 Å². The number of aromatic nitrogens is 1. The van der Waals surface area contributed by atoms with Crippen molar-refractivity contribution in [1.82, 2.24) is 4.98 Å². The molecule has 1 aromatic carbocycles. The molecule has 20 heavy (non-hydrogen) atoms. The Morgan fingerprint density at radius 2 is 2.05 bits per heavy atom. The van der Waals surface area contributed by atoms with Crippen LogP contribution in [0.15, 0.2) is 36.7 Å². The van der Waals surface area contributed by atoms with E-state index in [-0.39, 0.29) is 21.8 Å². The van der Waals surface area contributed by atoms with Crippen LogP contribution in [0.25, 0.3) is 0 Å². The van der Waals surface area contributed by atoms with E-state index < -0.39 is 4.92 Å². The number of pyridine rings is 1. The zero-order chi connectivity index (χ0) is 14.7. The van der Waals surface area contributed by atoms with Gasteiger partial charge in [-0.3, -0.25) is 15.1 Å². The van der Waals surface area contributed by atoms with Crippen molar-refractivity contribution < 1.29 is 4.92 Å². The molecule has 0 spiro atoms. The zero-order valence-electron chi connectivity index (χ0n) is 10.5. The largest absolute Gasteiger partial charge is 0.373 e. The SMILES string of the molecule is CC(Nc1cc(Cl)c(Cl)cc1[N+](=O)[O-])c1cccnc1. The van der Waals surface area contributed by atoms with E-state index in [2.05, 4.69) is 10.3 Å². The average Bonchev–Trinajstić information content (AvgIpc) is 2.43. The lowest BCUT2D eigenvalue weighted by atomic mass is 10.1. The molecule has 1 heterocycles. The number of nitrogens with one attached hydrogen (secondary N) is 1. The van der Waals surface area contributed by atoms with Crippen LogP contribution in [0.3, 0.4) is 0 Å². The van der Waals surface area contributed by atoms with Crippen LogP contribution in [0.4, 0.5) is 11.4 Å². The summed E-state index contributed by atoms with van der Waals surface area (Å²) in [5.41, 5.74) is 1.11. The second-order valence-electron chi connectivity index (χ2n) is 4.19. The van der Waals surface area contributed by atoms with E-state index in [1.165, 1.54) is 12.1 Å². The van der Waals surface area contributed by atoms with Gasteiger partial charge in [0.25, 0.3) is 5.69 Å². The fourth-order valence-corrected chi connectivity index (χ4v) is 2.07. The predicted octanol–water partition coefficient (Wildman–Crippen LogP) is 4.47. The van der Waals surface area contributed by atoms with Gasteiger partial charge < -0.3 is 5.32 Å². The highest BCUT2D eigenvalue weighted by molar-refractivity contribution is 6.42. The van der Waals surface area contributed by atoms with Crippen molar-refractivity contribution in [2.45, 2.75) is 13.0 Å². The van der Waals surface area contributed by atoms with Gasteiger partial charge in [-0.25, -0.2) is 0 Å². The summed E-state index contributed by atoms with van der Waals surface area (Å²) in [5, 5.41) is 14.5. The van der Waals surface area contributed by atoms with Crippen LogP contribution in [0.5, 0.6) is 0 Å². The first kappa shape index (κ1) is 14.6. The van der Waals surface area contributed by atoms with Crippen LogP contribution >= 0.6 is 23.2 Å². The highest BCUT2D eigenvalue weighted by Crippen LogP contribution is 2.35. The fraction of sp³-hybridized carbons (Fsp3) is 0.154. The lowest BCUT2D eigenvalue weighted by Crippen LogP contribution is -2.08. The van der Waals surface area contributed by atoms with E-state index in [1.807, 2.05) is 13.0 Å². The standard InChI is InChI=1S/C13H11Cl2N3O2/c1-8(9-3-2-4-16-7-9)17-12-5-10(14)11(15)6-13(12)18(19)20/h2-8,17H,1H3. The first-order valence-corrected chi connectivity index (χ1v) is 6.54. The van der Waals surface area contributed by atoms with E-state index in [1.54, 1.807) is 18.5 Å². The first-order valence-electron chi connectivity index (χ1n) is 5.79. The Hall–Kier alpha value is -1.85. The highest BCUT2D eigenvalue weighted by Gasteiger charge is 2.19. The average molecular weight is 312 g/mol. The number of nitrogens with zero attached hydrogens (tertiary/aromatic N) is 2. The Morgan fingerprint density at radius 1 is 1.35 bits per heavy atom. The fourth-order valence-electron chi connectivity index (χ4n) is 1.75. The molecule has 1 unspecified atom stereocenters. The molecule has 104 valence electrons. The summed E-state index contributed by atoms with van der Waals surface area (Å²) in [6.45, 7) is 1.88. The van der Waals surface area contributed by atoms with Crippen molar-refractivity contribution in [3.63, 3.8) is 0 Å². The van der Waals surface area contributed by atoms with Crippen LogP contribution in [0.2, 0.25) is 10.0 Å².